The maximum Gasteiger partial charge on any atom is 0.255 e. The highest BCUT2D eigenvalue weighted by molar-refractivity contribution is 7.89. The largest absolute Gasteiger partial charge is 0.497 e. The van der Waals surface area contributed by atoms with Crippen molar-refractivity contribution in [1.29, 1.82) is 0 Å². The molecule has 1 fully saturated rings. The van der Waals surface area contributed by atoms with Crippen LogP contribution in [0.25, 0.3) is 10.9 Å². The lowest BCUT2D eigenvalue weighted by Gasteiger charge is -2.15. The van der Waals surface area contributed by atoms with Gasteiger partial charge in [-0.05, 0) is 49.2 Å². The second-order valence-electron chi connectivity index (χ2n) is 6.84. The van der Waals surface area contributed by atoms with Crippen molar-refractivity contribution in [2.45, 2.75) is 17.7 Å². The summed E-state index contributed by atoms with van der Waals surface area (Å²) < 4.78 is 32.0. The number of anilines is 1. The lowest BCUT2D eigenvalue weighted by Crippen LogP contribution is -2.27. The number of nitrogens with one attached hydrogen (secondary N) is 1. The van der Waals surface area contributed by atoms with Gasteiger partial charge in [0, 0.05) is 36.3 Å². The SMILES string of the molecule is COc1cc(NC(=O)c2ccc(S(=O)(=O)N3CCCC3)cc2)c2ncccc2c1. The van der Waals surface area contributed by atoms with Crippen LogP contribution in [0.5, 0.6) is 5.75 Å². The molecular weight excluding hydrogens is 390 g/mol. The Kier molecular flexibility index (Phi) is 5.21. The third-order valence-corrected chi connectivity index (χ3v) is 6.89. The molecule has 2 aromatic carbocycles. The smallest absolute Gasteiger partial charge is 0.255 e. The first-order chi connectivity index (χ1) is 14.0. The van der Waals surface area contributed by atoms with Crippen LogP contribution in [0.1, 0.15) is 23.2 Å². The van der Waals surface area contributed by atoms with Crippen LogP contribution in [0.2, 0.25) is 0 Å². The monoisotopic (exact) mass is 411 g/mol. The van der Waals surface area contributed by atoms with E-state index in [1.165, 1.54) is 28.6 Å². The molecule has 7 nitrogen and oxygen atoms in total. The van der Waals surface area contributed by atoms with Crippen LogP contribution in [0, 0.1) is 0 Å². The third-order valence-electron chi connectivity index (χ3n) is 4.98. The van der Waals surface area contributed by atoms with Gasteiger partial charge in [0.25, 0.3) is 5.91 Å². The van der Waals surface area contributed by atoms with Crippen molar-refractivity contribution < 1.29 is 17.9 Å². The summed E-state index contributed by atoms with van der Waals surface area (Å²) in [5, 5.41) is 3.69. The Bertz CT molecular complexity index is 1150. The number of amides is 1. The topological polar surface area (TPSA) is 88.6 Å². The maximum absolute atomic E-state index is 12.7. The molecule has 0 atom stereocenters. The summed E-state index contributed by atoms with van der Waals surface area (Å²) >= 11 is 0. The highest BCUT2D eigenvalue weighted by Gasteiger charge is 2.27. The van der Waals surface area contributed by atoms with E-state index in [1.807, 2.05) is 18.2 Å². The van der Waals surface area contributed by atoms with Crippen molar-refractivity contribution >= 4 is 32.5 Å². The van der Waals surface area contributed by atoms with Crippen LogP contribution in [0.15, 0.2) is 59.6 Å². The summed E-state index contributed by atoms with van der Waals surface area (Å²) in [5.41, 5.74) is 1.53. The van der Waals surface area contributed by atoms with Gasteiger partial charge in [-0.3, -0.25) is 9.78 Å². The lowest BCUT2D eigenvalue weighted by molar-refractivity contribution is 0.102. The quantitative estimate of drug-likeness (QED) is 0.696. The predicted molar refractivity (Wildman–Crippen MR) is 111 cm³/mol. The van der Waals surface area contributed by atoms with E-state index >= 15 is 0 Å². The number of nitrogens with zero attached hydrogens (tertiary/aromatic N) is 2. The summed E-state index contributed by atoms with van der Waals surface area (Å²) in [6.45, 7) is 1.08. The molecule has 0 unspecified atom stereocenters. The Hall–Kier alpha value is -2.97. The fourth-order valence-electron chi connectivity index (χ4n) is 3.43. The summed E-state index contributed by atoms with van der Waals surface area (Å²) in [6, 6.07) is 13.2. The number of hydrogen-bond acceptors (Lipinski definition) is 5. The first-order valence-corrected chi connectivity index (χ1v) is 10.8. The van der Waals surface area contributed by atoms with Gasteiger partial charge < -0.3 is 10.1 Å². The summed E-state index contributed by atoms with van der Waals surface area (Å²) in [6.07, 6.45) is 3.41. The van der Waals surface area contributed by atoms with Crippen molar-refractivity contribution in [3.63, 3.8) is 0 Å². The zero-order valence-electron chi connectivity index (χ0n) is 16.0. The molecule has 1 amide bonds. The Morgan fingerprint density at radius 2 is 1.83 bits per heavy atom. The first kappa shape index (κ1) is 19.4. The van der Waals surface area contributed by atoms with E-state index < -0.39 is 10.0 Å². The van der Waals surface area contributed by atoms with E-state index in [0.29, 0.717) is 35.6 Å². The van der Waals surface area contributed by atoms with Crippen LogP contribution >= 0.6 is 0 Å². The Balaban J connectivity index is 1.59. The van der Waals surface area contributed by atoms with Crippen LogP contribution in [-0.2, 0) is 10.0 Å². The molecule has 2 heterocycles. The minimum atomic E-state index is -3.50. The van der Waals surface area contributed by atoms with E-state index in [-0.39, 0.29) is 10.8 Å². The predicted octanol–water partition coefficient (Wildman–Crippen LogP) is 3.28. The van der Waals surface area contributed by atoms with Gasteiger partial charge in [-0.25, -0.2) is 8.42 Å². The fraction of sp³-hybridized carbons (Fsp3) is 0.238. The zero-order chi connectivity index (χ0) is 20.4. The van der Waals surface area contributed by atoms with E-state index in [1.54, 1.807) is 19.4 Å². The number of sulfonamides is 1. The van der Waals surface area contributed by atoms with Crippen molar-refractivity contribution in [2.24, 2.45) is 0 Å². The summed E-state index contributed by atoms with van der Waals surface area (Å²) in [5.74, 6) is 0.253. The molecule has 0 spiro atoms. The number of ether oxygens (including phenoxy) is 1. The lowest BCUT2D eigenvalue weighted by atomic mass is 10.1. The Morgan fingerprint density at radius 3 is 2.52 bits per heavy atom. The highest BCUT2D eigenvalue weighted by atomic mass is 32.2. The second kappa shape index (κ2) is 7.81. The molecule has 1 saturated heterocycles. The normalized spacial score (nSPS) is 14.8. The van der Waals surface area contributed by atoms with E-state index in [0.717, 1.165) is 18.2 Å². The number of fused-ring (bicyclic) bond motifs is 1. The molecule has 0 bridgehead atoms. The third kappa shape index (κ3) is 3.81. The van der Waals surface area contributed by atoms with Gasteiger partial charge in [-0.1, -0.05) is 6.07 Å². The molecule has 8 heteroatoms. The van der Waals surface area contributed by atoms with E-state index in [4.69, 9.17) is 4.74 Å². The Labute approximate surface area is 169 Å². The molecule has 1 N–H and O–H groups in total. The number of aromatic nitrogens is 1. The molecular formula is C21H21N3O4S. The molecule has 150 valence electrons. The molecule has 3 aromatic rings. The van der Waals surface area contributed by atoms with Crippen LogP contribution < -0.4 is 10.1 Å². The average Bonchev–Trinajstić information content (AvgIpc) is 3.29. The van der Waals surface area contributed by atoms with Crippen molar-refractivity contribution in [3.8, 4) is 5.75 Å². The first-order valence-electron chi connectivity index (χ1n) is 9.33. The minimum Gasteiger partial charge on any atom is -0.497 e. The van der Waals surface area contributed by atoms with Gasteiger partial charge in [0.15, 0.2) is 0 Å². The van der Waals surface area contributed by atoms with Gasteiger partial charge in [-0.15, -0.1) is 0 Å². The van der Waals surface area contributed by atoms with E-state index in [2.05, 4.69) is 10.3 Å². The number of carbonyl (C=O) groups excluding carboxylic acids is 1. The molecule has 0 saturated carbocycles. The molecule has 4 rings (SSSR count). The number of rotatable bonds is 5. The number of carbonyl (C=O) groups is 1. The standard InChI is InChI=1S/C21H21N3O4S/c1-28-17-13-16-5-4-10-22-20(16)19(14-17)23-21(25)15-6-8-18(9-7-15)29(26,27)24-11-2-3-12-24/h4-10,13-14H,2-3,11-12H2,1H3,(H,23,25). The van der Waals surface area contributed by atoms with Crippen molar-refractivity contribution in [3.05, 3.63) is 60.3 Å². The van der Waals surface area contributed by atoms with E-state index in [9.17, 15) is 13.2 Å². The summed E-state index contributed by atoms with van der Waals surface area (Å²) in [7, 11) is -1.94. The van der Waals surface area contributed by atoms with Gasteiger partial charge in [0.2, 0.25) is 10.0 Å². The molecule has 0 radical (unpaired) electrons. The molecule has 1 aliphatic heterocycles. The average molecular weight is 411 g/mol. The minimum absolute atomic E-state index is 0.199. The molecule has 1 aromatic heterocycles. The van der Waals surface area contributed by atoms with Gasteiger partial charge >= 0.3 is 0 Å². The Morgan fingerprint density at radius 1 is 1.10 bits per heavy atom. The van der Waals surface area contributed by atoms with Gasteiger partial charge in [0.05, 0.1) is 23.2 Å². The van der Waals surface area contributed by atoms with Crippen molar-refractivity contribution in [1.82, 2.24) is 9.29 Å². The number of hydrogen-bond donors (Lipinski definition) is 1. The molecule has 29 heavy (non-hydrogen) atoms. The second-order valence-corrected chi connectivity index (χ2v) is 8.78. The highest BCUT2D eigenvalue weighted by Crippen LogP contribution is 2.28. The number of benzene rings is 2. The molecule has 0 aliphatic carbocycles. The molecule has 1 aliphatic rings. The van der Waals surface area contributed by atoms with Crippen LogP contribution in [0.3, 0.4) is 0 Å². The fourth-order valence-corrected chi connectivity index (χ4v) is 4.95. The van der Waals surface area contributed by atoms with Gasteiger partial charge in [-0.2, -0.15) is 4.31 Å². The number of methoxy groups -OCH3 is 1. The maximum atomic E-state index is 12.7. The van der Waals surface area contributed by atoms with Crippen LogP contribution in [-0.4, -0.2) is 43.8 Å². The van der Waals surface area contributed by atoms with Gasteiger partial charge in [0.1, 0.15) is 5.75 Å². The van der Waals surface area contributed by atoms with Crippen LogP contribution in [0.4, 0.5) is 5.69 Å². The van der Waals surface area contributed by atoms with Crippen molar-refractivity contribution in [2.75, 3.05) is 25.5 Å². The zero-order valence-corrected chi connectivity index (χ0v) is 16.8. The summed E-state index contributed by atoms with van der Waals surface area (Å²) in [4.78, 5) is 17.3. The number of pyridine rings is 1.